The van der Waals surface area contributed by atoms with Gasteiger partial charge in [-0.05, 0) is 38.5 Å². The Labute approximate surface area is 144 Å². The van der Waals surface area contributed by atoms with Gasteiger partial charge in [0.1, 0.15) is 0 Å². The topological polar surface area (TPSA) is 40.1 Å². The minimum atomic E-state index is -0.911. The molecule has 0 amide bonds. The van der Waals surface area contributed by atoms with E-state index in [4.69, 9.17) is 0 Å². The van der Waals surface area contributed by atoms with Crippen LogP contribution in [-0.2, 0) is 4.79 Å². The van der Waals surface area contributed by atoms with Gasteiger partial charge in [0.15, 0.2) is 0 Å². The molecule has 0 atom stereocenters. The van der Waals surface area contributed by atoms with Gasteiger partial charge in [0.05, 0.1) is 0 Å². The average molecular weight is 288 g/mol. The summed E-state index contributed by atoms with van der Waals surface area (Å²) in [4.78, 5) is 10.2. The Hall–Kier alpha value is -0.193. The molecule has 0 N–H and O–H groups in total. The fraction of sp³-hybridized carbons (Fsp3) is 0.833. The largest absolute Gasteiger partial charge is 1.00 e. The van der Waals surface area contributed by atoms with Crippen molar-refractivity contribution in [1.29, 1.82) is 0 Å². The smallest absolute Gasteiger partial charge is 0.550 e. The Morgan fingerprint density at radius 2 is 1.19 bits per heavy atom. The van der Waals surface area contributed by atoms with Crippen molar-refractivity contribution < 1.29 is 28.8 Å². The van der Waals surface area contributed by atoms with Crippen LogP contribution in [0.15, 0.2) is 12.2 Å². The Morgan fingerprint density at radius 3 is 1.67 bits per heavy atom. The molecule has 0 bridgehead atoms. The number of carbonyl (C=O) groups excluding carboxylic acids is 1. The van der Waals surface area contributed by atoms with E-state index in [0.29, 0.717) is 0 Å². The quantitative estimate of drug-likeness (QED) is 0.262. The van der Waals surface area contributed by atoms with E-state index < -0.39 is 5.97 Å². The molecule has 0 saturated carbocycles. The van der Waals surface area contributed by atoms with Gasteiger partial charge in [-0.2, -0.15) is 0 Å². The van der Waals surface area contributed by atoms with Crippen molar-refractivity contribution in [1.82, 2.24) is 0 Å². The van der Waals surface area contributed by atoms with E-state index in [0.717, 1.165) is 12.8 Å². The maximum atomic E-state index is 10.2. The second-order valence-electron chi connectivity index (χ2n) is 5.71. The third-order valence-corrected chi connectivity index (χ3v) is 3.64. The number of carboxylic acids is 1. The van der Waals surface area contributed by atoms with Crippen LogP contribution in [0.1, 0.15) is 96.8 Å². The van der Waals surface area contributed by atoms with Crippen LogP contribution >= 0.6 is 0 Å². The van der Waals surface area contributed by atoms with Crippen molar-refractivity contribution in [3.8, 4) is 0 Å². The van der Waals surface area contributed by atoms with E-state index in [2.05, 4.69) is 19.1 Å². The minimum Gasteiger partial charge on any atom is -0.550 e. The molecule has 118 valence electrons. The summed E-state index contributed by atoms with van der Waals surface area (Å²) in [5, 5.41) is 10.2. The first-order valence-corrected chi connectivity index (χ1v) is 8.62. The predicted molar refractivity (Wildman–Crippen MR) is 84.5 cm³/mol. The van der Waals surface area contributed by atoms with Gasteiger partial charge in [-0.1, -0.05) is 70.4 Å². The van der Waals surface area contributed by atoms with Gasteiger partial charge in [-0.25, -0.2) is 0 Å². The molecule has 0 aliphatic heterocycles. The van der Waals surface area contributed by atoms with Crippen LogP contribution in [0.2, 0.25) is 0 Å². The summed E-state index contributed by atoms with van der Waals surface area (Å²) >= 11 is 0. The van der Waals surface area contributed by atoms with Gasteiger partial charge in [-0.3, -0.25) is 0 Å². The van der Waals surface area contributed by atoms with Crippen molar-refractivity contribution in [3.05, 3.63) is 12.2 Å². The van der Waals surface area contributed by atoms with Gasteiger partial charge < -0.3 is 9.90 Å². The fourth-order valence-corrected chi connectivity index (χ4v) is 2.34. The van der Waals surface area contributed by atoms with Crippen molar-refractivity contribution in [2.24, 2.45) is 0 Å². The average Bonchev–Trinajstić information content (AvgIpc) is 2.43. The first-order valence-electron chi connectivity index (χ1n) is 8.62. The van der Waals surface area contributed by atoms with Crippen LogP contribution in [0, 0.1) is 0 Å². The number of carbonyl (C=O) groups is 1. The van der Waals surface area contributed by atoms with E-state index in [-0.39, 0.29) is 25.3 Å². The molecule has 2 nitrogen and oxygen atoms in total. The molecule has 0 aromatic carbocycles. The van der Waals surface area contributed by atoms with E-state index in [1.54, 1.807) is 0 Å². The number of hydrogen-bond donors (Lipinski definition) is 0. The van der Waals surface area contributed by atoms with Crippen molar-refractivity contribution >= 4 is 5.97 Å². The first kappa shape index (κ1) is 23.1. The standard InChI is InChI=1S/C18H34O2.Li/c1-2-3-4-5-6-7-8-9-10-11-12-13-14-15-16-17-18(19)20;/h7-8H,2-6,9-17H2,1H3,(H,19,20);/q;+1/p-1/b8-7-;. The first-order chi connectivity index (χ1) is 9.77. The van der Waals surface area contributed by atoms with Gasteiger partial charge in [0, 0.05) is 5.97 Å². The molecule has 0 aromatic heterocycles. The summed E-state index contributed by atoms with van der Waals surface area (Å²) in [6.07, 6.45) is 20.9. The molecule has 0 unspecified atom stereocenters. The van der Waals surface area contributed by atoms with Crippen LogP contribution in [0.3, 0.4) is 0 Å². The van der Waals surface area contributed by atoms with Crippen LogP contribution < -0.4 is 24.0 Å². The third kappa shape index (κ3) is 22.2. The zero-order chi connectivity index (χ0) is 14.9. The van der Waals surface area contributed by atoms with Gasteiger partial charge in [-0.15, -0.1) is 0 Å². The molecular formula is C18H33LiO2. The summed E-state index contributed by atoms with van der Waals surface area (Å²) in [5.41, 5.74) is 0. The molecule has 0 aliphatic carbocycles. The molecule has 0 aliphatic rings. The molecule has 0 rings (SSSR count). The van der Waals surface area contributed by atoms with Crippen molar-refractivity contribution in [2.75, 3.05) is 0 Å². The molecule has 0 spiro atoms. The maximum Gasteiger partial charge on any atom is 1.00 e. The fourth-order valence-electron chi connectivity index (χ4n) is 2.34. The molecular weight excluding hydrogens is 255 g/mol. The monoisotopic (exact) mass is 288 g/mol. The predicted octanol–water partition coefficient (Wildman–Crippen LogP) is 1.78. The Morgan fingerprint density at radius 1 is 0.762 bits per heavy atom. The molecule has 0 fully saturated rings. The second-order valence-corrected chi connectivity index (χ2v) is 5.71. The summed E-state index contributed by atoms with van der Waals surface area (Å²) in [6.45, 7) is 2.25. The zero-order valence-corrected chi connectivity index (χ0v) is 14.4. The van der Waals surface area contributed by atoms with E-state index in [9.17, 15) is 9.90 Å². The Kier molecular flexibility index (Phi) is 21.8. The second kappa shape index (κ2) is 19.8. The number of aliphatic carboxylic acids is 1. The molecule has 3 heteroatoms. The van der Waals surface area contributed by atoms with Crippen LogP contribution in [0.4, 0.5) is 0 Å². The van der Waals surface area contributed by atoms with Crippen molar-refractivity contribution in [2.45, 2.75) is 96.8 Å². The SMILES string of the molecule is CCCCCC/C=C\CCCCCCCCCC(=O)[O-].[Li+]. The van der Waals surface area contributed by atoms with E-state index in [1.165, 1.54) is 70.6 Å². The van der Waals surface area contributed by atoms with E-state index >= 15 is 0 Å². The molecule has 0 radical (unpaired) electrons. The maximum absolute atomic E-state index is 10.2. The number of unbranched alkanes of at least 4 members (excludes halogenated alkanes) is 11. The summed E-state index contributed by atoms with van der Waals surface area (Å²) in [7, 11) is 0. The third-order valence-electron chi connectivity index (χ3n) is 3.64. The molecule has 0 saturated heterocycles. The van der Waals surface area contributed by atoms with E-state index in [1.807, 2.05) is 0 Å². The summed E-state index contributed by atoms with van der Waals surface area (Å²) < 4.78 is 0. The zero-order valence-electron chi connectivity index (χ0n) is 14.4. The Balaban J connectivity index is 0. The summed E-state index contributed by atoms with van der Waals surface area (Å²) in [5.74, 6) is -0.911. The Bertz CT molecular complexity index is 239. The van der Waals surface area contributed by atoms with Gasteiger partial charge in [0.2, 0.25) is 0 Å². The molecule has 0 heterocycles. The van der Waals surface area contributed by atoms with Gasteiger partial charge in [0.25, 0.3) is 0 Å². The van der Waals surface area contributed by atoms with Gasteiger partial charge >= 0.3 is 18.9 Å². The van der Waals surface area contributed by atoms with Crippen molar-refractivity contribution in [3.63, 3.8) is 0 Å². The molecule has 0 aromatic rings. The van der Waals surface area contributed by atoms with Crippen LogP contribution in [0.25, 0.3) is 0 Å². The molecule has 21 heavy (non-hydrogen) atoms. The summed E-state index contributed by atoms with van der Waals surface area (Å²) in [6, 6.07) is 0. The minimum absolute atomic E-state index is 0. The number of carboxylic acid groups (broad SMARTS) is 1. The number of hydrogen-bond acceptors (Lipinski definition) is 2. The normalized spacial score (nSPS) is 10.7. The van der Waals surface area contributed by atoms with Crippen LogP contribution in [-0.4, -0.2) is 5.97 Å². The van der Waals surface area contributed by atoms with Crippen LogP contribution in [0.5, 0.6) is 0 Å². The number of rotatable bonds is 15. The number of allylic oxidation sites excluding steroid dienone is 2.